The molecular weight excluding hydrogens is 400 g/mol. The van der Waals surface area contributed by atoms with E-state index in [9.17, 15) is 5.11 Å². The van der Waals surface area contributed by atoms with Gasteiger partial charge in [-0.15, -0.1) is 0 Å². The number of benzene rings is 1. The van der Waals surface area contributed by atoms with E-state index in [1.165, 1.54) is 17.6 Å². The van der Waals surface area contributed by atoms with Gasteiger partial charge in [-0.25, -0.2) is 0 Å². The molecular formula is C28H38O4. The molecule has 32 heavy (non-hydrogen) atoms. The Morgan fingerprint density at radius 1 is 1.06 bits per heavy atom. The highest BCUT2D eigenvalue weighted by Gasteiger charge is 2.69. The molecule has 0 aromatic heterocycles. The van der Waals surface area contributed by atoms with E-state index in [2.05, 4.69) is 50.3 Å². The van der Waals surface area contributed by atoms with Gasteiger partial charge in [-0.05, 0) is 67.3 Å². The van der Waals surface area contributed by atoms with Gasteiger partial charge in [-0.1, -0.05) is 55.8 Å². The van der Waals surface area contributed by atoms with Gasteiger partial charge in [0.25, 0.3) is 0 Å². The third-order valence-electron chi connectivity index (χ3n) is 10.1. The van der Waals surface area contributed by atoms with Crippen molar-refractivity contribution in [2.24, 2.45) is 28.6 Å². The van der Waals surface area contributed by atoms with Gasteiger partial charge >= 0.3 is 0 Å². The average molecular weight is 439 g/mol. The first-order valence-electron chi connectivity index (χ1n) is 12.8. The number of ether oxygens (including phenoxy) is 3. The summed E-state index contributed by atoms with van der Waals surface area (Å²) in [7, 11) is 0. The van der Waals surface area contributed by atoms with Crippen molar-refractivity contribution in [2.45, 2.75) is 83.4 Å². The molecule has 3 saturated carbocycles. The van der Waals surface area contributed by atoms with Gasteiger partial charge in [0.2, 0.25) is 0 Å². The summed E-state index contributed by atoms with van der Waals surface area (Å²) >= 11 is 0. The summed E-state index contributed by atoms with van der Waals surface area (Å²) in [6.45, 7) is 6.98. The second kappa shape index (κ2) is 7.66. The highest BCUT2D eigenvalue weighted by atomic mass is 16.7. The quantitative estimate of drug-likeness (QED) is 0.655. The number of hydrogen-bond acceptors (Lipinski definition) is 4. The number of aliphatic hydroxyl groups is 1. The van der Waals surface area contributed by atoms with Gasteiger partial charge in [-0.3, -0.25) is 0 Å². The number of allylic oxidation sites excluding steroid dienone is 1. The Hall–Kier alpha value is -1.20. The molecule has 1 saturated heterocycles. The van der Waals surface area contributed by atoms with Crippen LogP contribution in [0.3, 0.4) is 0 Å². The number of hydrogen-bond donors (Lipinski definition) is 1. The van der Waals surface area contributed by atoms with E-state index in [0.29, 0.717) is 37.6 Å². The van der Waals surface area contributed by atoms with Crippen molar-refractivity contribution in [1.82, 2.24) is 0 Å². The number of rotatable bonds is 3. The molecule has 1 aromatic rings. The molecule has 3 unspecified atom stereocenters. The van der Waals surface area contributed by atoms with Crippen LogP contribution in [0, 0.1) is 28.6 Å². The second-order valence-corrected chi connectivity index (χ2v) is 11.5. The monoisotopic (exact) mass is 438 g/mol. The summed E-state index contributed by atoms with van der Waals surface area (Å²) in [5, 5.41) is 10.4. The molecule has 4 heteroatoms. The maximum atomic E-state index is 10.4. The molecule has 0 amide bonds. The first-order valence-corrected chi connectivity index (χ1v) is 12.8. The van der Waals surface area contributed by atoms with E-state index in [1.54, 1.807) is 0 Å². The third-order valence-corrected chi connectivity index (χ3v) is 10.1. The van der Waals surface area contributed by atoms with Crippen molar-refractivity contribution < 1.29 is 19.3 Å². The molecule has 5 aliphatic rings. The van der Waals surface area contributed by atoms with E-state index in [0.717, 1.165) is 38.5 Å². The van der Waals surface area contributed by atoms with Crippen LogP contribution < -0.4 is 0 Å². The Balaban J connectivity index is 1.37. The van der Waals surface area contributed by atoms with Gasteiger partial charge < -0.3 is 19.3 Å². The van der Waals surface area contributed by atoms with Crippen LogP contribution in [0.25, 0.3) is 0 Å². The predicted molar refractivity (Wildman–Crippen MR) is 123 cm³/mol. The number of fused-ring (bicyclic) bond motifs is 6. The van der Waals surface area contributed by atoms with Gasteiger partial charge in [0.05, 0.1) is 32.0 Å². The van der Waals surface area contributed by atoms with Crippen LogP contribution in [0.4, 0.5) is 0 Å². The average Bonchev–Trinajstić information content (AvgIpc) is 3.39. The van der Waals surface area contributed by atoms with Gasteiger partial charge in [0.1, 0.15) is 0 Å². The lowest BCUT2D eigenvalue weighted by atomic mass is 9.46. The van der Waals surface area contributed by atoms with Crippen LogP contribution in [-0.2, 0) is 20.8 Å². The lowest BCUT2D eigenvalue weighted by Crippen LogP contribution is -2.60. The van der Waals surface area contributed by atoms with Gasteiger partial charge in [0.15, 0.2) is 5.79 Å². The van der Waals surface area contributed by atoms with Crippen molar-refractivity contribution >= 4 is 0 Å². The molecule has 4 aliphatic carbocycles. The molecule has 6 rings (SSSR count). The van der Waals surface area contributed by atoms with E-state index >= 15 is 0 Å². The molecule has 7 atom stereocenters. The third kappa shape index (κ3) is 3.02. The topological polar surface area (TPSA) is 47.9 Å². The molecule has 1 aromatic carbocycles. The Kier molecular flexibility index (Phi) is 5.11. The zero-order valence-corrected chi connectivity index (χ0v) is 19.6. The first-order chi connectivity index (χ1) is 15.5. The largest absolute Gasteiger partial charge is 0.393 e. The summed E-state index contributed by atoms with van der Waals surface area (Å²) < 4.78 is 19.6. The predicted octanol–water partition coefficient (Wildman–Crippen LogP) is 5.25. The zero-order valence-electron chi connectivity index (χ0n) is 19.6. The van der Waals surface area contributed by atoms with Crippen LogP contribution in [-0.4, -0.2) is 36.3 Å². The molecule has 4 fully saturated rings. The fraction of sp³-hybridized carbons (Fsp3) is 0.714. The molecule has 1 aliphatic heterocycles. The normalized spacial score (nSPS) is 44.6. The van der Waals surface area contributed by atoms with Crippen molar-refractivity contribution in [3.05, 3.63) is 47.5 Å². The Labute approximate surface area is 192 Å². The van der Waals surface area contributed by atoms with Crippen molar-refractivity contribution in [1.29, 1.82) is 0 Å². The van der Waals surface area contributed by atoms with Crippen LogP contribution in [0.15, 0.2) is 42.0 Å². The van der Waals surface area contributed by atoms with Crippen LogP contribution >= 0.6 is 0 Å². The zero-order chi connectivity index (χ0) is 22.0. The van der Waals surface area contributed by atoms with Crippen molar-refractivity contribution in [3.63, 3.8) is 0 Å². The van der Waals surface area contributed by atoms with Crippen molar-refractivity contribution in [3.8, 4) is 0 Å². The molecule has 174 valence electrons. The van der Waals surface area contributed by atoms with Crippen LogP contribution in [0.2, 0.25) is 0 Å². The maximum absolute atomic E-state index is 10.4. The van der Waals surface area contributed by atoms with Gasteiger partial charge in [-0.2, -0.15) is 0 Å². The standard InChI is InChI=1S/C28H38O4/c1-26-12-10-21(29)16-20(26)8-9-22-23-11-13-28(31-14-15-32-28)27(23,2)17-24(25(22)26)30-18-19-6-4-3-5-7-19/h3-8,21-25,29H,9-18H2,1-2H3/t21-,22?,23?,24-,25?,26-,27-/m0/s1. The lowest BCUT2D eigenvalue weighted by molar-refractivity contribution is -0.261. The maximum Gasteiger partial charge on any atom is 0.174 e. The van der Waals surface area contributed by atoms with E-state index in [4.69, 9.17) is 14.2 Å². The minimum Gasteiger partial charge on any atom is -0.393 e. The van der Waals surface area contributed by atoms with E-state index < -0.39 is 5.79 Å². The fourth-order valence-electron chi connectivity index (χ4n) is 8.55. The van der Waals surface area contributed by atoms with E-state index in [-0.39, 0.29) is 23.0 Å². The summed E-state index contributed by atoms with van der Waals surface area (Å²) in [5.41, 5.74) is 2.83. The Morgan fingerprint density at radius 2 is 1.84 bits per heavy atom. The molecule has 1 N–H and O–H groups in total. The van der Waals surface area contributed by atoms with Gasteiger partial charge in [0, 0.05) is 11.8 Å². The summed E-state index contributed by atoms with van der Waals surface area (Å²) in [6.07, 6.45) is 9.58. The minimum absolute atomic E-state index is 0.0120. The van der Waals surface area contributed by atoms with Crippen LogP contribution in [0.5, 0.6) is 0 Å². The first kappa shape index (κ1) is 21.3. The highest BCUT2D eigenvalue weighted by molar-refractivity contribution is 5.27. The van der Waals surface area contributed by atoms with Crippen molar-refractivity contribution in [2.75, 3.05) is 13.2 Å². The smallest absolute Gasteiger partial charge is 0.174 e. The summed E-state index contributed by atoms with van der Waals surface area (Å²) in [6, 6.07) is 10.6. The summed E-state index contributed by atoms with van der Waals surface area (Å²) in [5.74, 6) is 1.26. The lowest BCUT2D eigenvalue weighted by Gasteiger charge is -2.61. The second-order valence-electron chi connectivity index (χ2n) is 11.5. The fourth-order valence-corrected chi connectivity index (χ4v) is 8.55. The Bertz CT molecular complexity index is 875. The Morgan fingerprint density at radius 3 is 2.62 bits per heavy atom. The van der Waals surface area contributed by atoms with E-state index in [1.807, 2.05) is 0 Å². The molecule has 1 spiro atoms. The number of aliphatic hydroxyl groups excluding tert-OH is 1. The molecule has 1 heterocycles. The molecule has 4 nitrogen and oxygen atoms in total. The molecule has 0 bridgehead atoms. The highest BCUT2D eigenvalue weighted by Crippen LogP contribution is 2.69. The van der Waals surface area contributed by atoms with Crippen LogP contribution in [0.1, 0.15) is 64.4 Å². The summed E-state index contributed by atoms with van der Waals surface area (Å²) in [4.78, 5) is 0. The minimum atomic E-state index is -0.426. The SMILES string of the molecule is C[C@]12CC[C@H](O)CC1=CCC1C2[C@@H](OCc2ccccc2)C[C@@]2(C)C1CCC21OCCO1. The molecule has 0 radical (unpaired) electrons.